The van der Waals surface area contributed by atoms with Gasteiger partial charge in [-0.2, -0.15) is 0 Å². The fourth-order valence-electron chi connectivity index (χ4n) is 1.71. The third kappa shape index (κ3) is 4.98. The maximum absolute atomic E-state index is 11.7. The van der Waals surface area contributed by atoms with Crippen LogP contribution in [-0.4, -0.2) is 12.6 Å². The van der Waals surface area contributed by atoms with E-state index in [1.54, 1.807) is 0 Å². The highest BCUT2D eigenvalue weighted by molar-refractivity contribution is 9.10. The maximum Gasteiger partial charge on any atom is 0.319 e. The molecule has 0 atom stereocenters. The lowest BCUT2D eigenvalue weighted by atomic mass is 10.1. The largest absolute Gasteiger partial charge is 0.338 e. The molecule has 0 radical (unpaired) electrons. The summed E-state index contributed by atoms with van der Waals surface area (Å²) in [5.41, 5.74) is 1.96. The molecule has 0 aromatic heterocycles. The average molecular weight is 398 g/mol. The first-order chi connectivity index (χ1) is 9.63. The lowest BCUT2D eigenvalue weighted by Gasteiger charge is -2.08. The third-order valence-corrected chi connectivity index (χ3v) is 3.72. The summed E-state index contributed by atoms with van der Waals surface area (Å²) in [5.74, 6) is 0. The zero-order valence-electron chi connectivity index (χ0n) is 10.7. The standard InChI is InChI=1S/C15H14Br2N2O/c16-12-6-4-11(5-7-12)8-9-18-15(20)19-14-3-1-2-13(17)10-14/h1-7,10H,8-9H2,(H2,18,19,20). The second kappa shape index (κ2) is 7.45. The molecule has 2 aromatic carbocycles. The lowest BCUT2D eigenvalue weighted by molar-refractivity contribution is 0.252. The molecule has 104 valence electrons. The van der Waals surface area contributed by atoms with Crippen molar-refractivity contribution in [3.63, 3.8) is 0 Å². The van der Waals surface area contributed by atoms with Crippen molar-refractivity contribution in [3.05, 3.63) is 63.0 Å². The summed E-state index contributed by atoms with van der Waals surface area (Å²) in [5, 5.41) is 5.63. The van der Waals surface area contributed by atoms with Gasteiger partial charge < -0.3 is 10.6 Å². The number of urea groups is 1. The number of benzene rings is 2. The van der Waals surface area contributed by atoms with Gasteiger partial charge in [-0.25, -0.2) is 4.79 Å². The summed E-state index contributed by atoms with van der Waals surface area (Å²) in [6, 6.07) is 15.4. The fraction of sp³-hybridized carbons (Fsp3) is 0.133. The van der Waals surface area contributed by atoms with Gasteiger partial charge >= 0.3 is 6.03 Å². The van der Waals surface area contributed by atoms with E-state index in [0.29, 0.717) is 6.54 Å². The minimum absolute atomic E-state index is 0.194. The molecule has 0 heterocycles. The molecule has 3 nitrogen and oxygen atoms in total. The van der Waals surface area contributed by atoms with E-state index in [2.05, 4.69) is 42.5 Å². The lowest BCUT2D eigenvalue weighted by Crippen LogP contribution is -2.30. The van der Waals surface area contributed by atoms with E-state index in [0.717, 1.165) is 21.1 Å². The van der Waals surface area contributed by atoms with Gasteiger partial charge in [0, 0.05) is 21.2 Å². The smallest absolute Gasteiger partial charge is 0.319 e. The van der Waals surface area contributed by atoms with Gasteiger partial charge in [0.1, 0.15) is 0 Å². The topological polar surface area (TPSA) is 41.1 Å². The Labute approximate surface area is 135 Å². The summed E-state index contributed by atoms with van der Waals surface area (Å²) in [6.07, 6.45) is 0.805. The number of halogens is 2. The summed E-state index contributed by atoms with van der Waals surface area (Å²) in [7, 11) is 0. The minimum Gasteiger partial charge on any atom is -0.338 e. The summed E-state index contributed by atoms with van der Waals surface area (Å²) in [4.78, 5) is 11.7. The van der Waals surface area contributed by atoms with Crippen LogP contribution >= 0.6 is 31.9 Å². The van der Waals surface area contributed by atoms with Crippen LogP contribution in [0.2, 0.25) is 0 Å². The van der Waals surface area contributed by atoms with Crippen LogP contribution in [0.5, 0.6) is 0 Å². The zero-order chi connectivity index (χ0) is 14.4. The molecule has 2 aromatic rings. The summed E-state index contributed by atoms with van der Waals surface area (Å²) in [6.45, 7) is 0.599. The van der Waals surface area contributed by atoms with Crippen LogP contribution < -0.4 is 10.6 Å². The Morgan fingerprint density at radius 2 is 1.75 bits per heavy atom. The van der Waals surface area contributed by atoms with Crippen molar-refractivity contribution in [1.82, 2.24) is 5.32 Å². The summed E-state index contributed by atoms with van der Waals surface area (Å²) >= 11 is 6.76. The highest BCUT2D eigenvalue weighted by atomic mass is 79.9. The Bertz CT molecular complexity index is 585. The molecule has 0 fully saturated rings. The second-order valence-electron chi connectivity index (χ2n) is 4.27. The predicted octanol–water partition coefficient (Wildman–Crippen LogP) is 4.58. The van der Waals surface area contributed by atoms with E-state index in [1.807, 2.05) is 48.5 Å². The molecule has 0 saturated carbocycles. The monoisotopic (exact) mass is 396 g/mol. The number of anilines is 1. The molecule has 0 aliphatic rings. The second-order valence-corrected chi connectivity index (χ2v) is 6.10. The summed E-state index contributed by atoms with van der Waals surface area (Å²) < 4.78 is 1.99. The van der Waals surface area contributed by atoms with Crippen molar-refractivity contribution < 1.29 is 4.79 Å². The van der Waals surface area contributed by atoms with Crippen LogP contribution in [0.4, 0.5) is 10.5 Å². The van der Waals surface area contributed by atoms with E-state index in [1.165, 1.54) is 5.56 Å². The molecular weight excluding hydrogens is 384 g/mol. The third-order valence-electron chi connectivity index (χ3n) is 2.69. The first-order valence-corrected chi connectivity index (χ1v) is 7.77. The molecule has 0 saturated heterocycles. The van der Waals surface area contributed by atoms with Crippen LogP contribution in [0.15, 0.2) is 57.5 Å². The van der Waals surface area contributed by atoms with Crippen LogP contribution in [0, 0.1) is 0 Å². The van der Waals surface area contributed by atoms with Crippen molar-refractivity contribution >= 4 is 43.6 Å². The van der Waals surface area contributed by atoms with E-state index in [9.17, 15) is 4.79 Å². The van der Waals surface area contributed by atoms with Crippen molar-refractivity contribution in [2.24, 2.45) is 0 Å². The van der Waals surface area contributed by atoms with E-state index in [4.69, 9.17) is 0 Å². The SMILES string of the molecule is O=C(NCCc1ccc(Br)cc1)Nc1cccc(Br)c1. The van der Waals surface area contributed by atoms with Gasteiger partial charge in [-0.05, 0) is 42.3 Å². The van der Waals surface area contributed by atoms with Gasteiger partial charge in [0.15, 0.2) is 0 Å². The molecule has 2 N–H and O–H groups in total. The number of carbonyl (C=O) groups excluding carboxylic acids is 1. The van der Waals surface area contributed by atoms with Crippen molar-refractivity contribution in [2.45, 2.75) is 6.42 Å². The van der Waals surface area contributed by atoms with Crippen LogP contribution in [-0.2, 0) is 6.42 Å². The molecule has 2 amide bonds. The van der Waals surface area contributed by atoms with Crippen molar-refractivity contribution in [2.75, 3.05) is 11.9 Å². The Kier molecular flexibility index (Phi) is 5.61. The molecule has 0 unspecified atom stereocenters. The normalized spacial score (nSPS) is 10.1. The number of nitrogens with one attached hydrogen (secondary N) is 2. The van der Waals surface area contributed by atoms with Crippen LogP contribution in [0.3, 0.4) is 0 Å². The van der Waals surface area contributed by atoms with E-state index < -0.39 is 0 Å². The highest BCUT2D eigenvalue weighted by Crippen LogP contribution is 2.15. The van der Waals surface area contributed by atoms with Crippen molar-refractivity contribution in [3.8, 4) is 0 Å². The Morgan fingerprint density at radius 3 is 2.45 bits per heavy atom. The zero-order valence-corrected chi connectivity index (χ0v) is 13.9. The molecule has 20 heavy (non-hydrogen) atoms. The van der Waals surface area contributed by atoms with Gasteiger partial charge in [0.2, 0.25) is 0 Å². The van der Waals surface area contributed by atoms with Crippen molar-refractivity contribution in [1.29, 1.82) is 0 Å². The Hall–Kier alpha value is -1.33. The minimum atomic E-state index is -0.194. The molecule has 5 heteroatoms. The van der Waals surface area contributed by atoms with E-state index >= 15 is 0 Å². The molecule has 0 bridgehead atoms. The number of amides is 2. The van der Waals surface area contributed by atoms with Crippen LogP contribution in [0.25, 0.3) is 0 Å². The molecule has 0 spiro atoms. The molecule has 2 rings (SSSR count). The Morgan fingerprint density at radius 1 is 1.00 bits per heavy atom. The molecular formula is C15H14Br2N2O. The van der Waals surface area contributed by atoms with Gasteiger partial charge in [-0.3, -0.25) is 0 Å². The number of hydrogen-bond donors (Lipinski definition) is 2. The van der Waals surface area contributed by atoms with Gasteiger partial charge in [-0.1, -0.05) is 50.1 Å². The average Bonchev–Trinajstić information content (AvgIpc) is 2.41. The fourth-order valence-corrected chi connectivity index (χ4v) is 2.38. The van der Waals surface area contributed by atoms with Gasteiger partial charge in [-0.15, -0.1) is 0 Å². The highest BCUT2D eigenvalue weighted by Gasteiger charge is 2.01. The number of rotatable bonds is 4. The maximum atomic E-state index is 11.7. The Balaban J connectivity index is 1.76. The van der Waals surface area contributed by atoms with Gasteiger partial charge in [0.25, 0.3) is 0 Å². The van der Waals surface area contributed by atoms with Gasteiger partial charge in [0.05, 0.1) is 0 Å². The number of carbonyl (C=O) groups is 1. The quantitative estimate of drug-likeness (QED) is 0.779. The first kappa shape index (κ1) is 15.1. The van der Waals surface area contributed by atoms with Crippen LogP contribution in [0.1, 0.15) is 5.56 Å². The first-order valence-electron chi connectivity index (χ1n) is 6.18. The molecule has 0 aliphatic heterocycles. The molecule has 0 aliphatic carbocycles. The van der Waals surface area contributed by atoms with E-state index in [-0.39, 0.29) is 6.03 Å². The number of hydrogen-bond acceptors (Lipinski definition) is 1. The predicted molar refractivity (Wildman–Crippen MR) is 89.0 cm³/mol.